The third kappa shape index (κ3) is 9.26. The highest BCUT2D eigenvalue weighted by atomic mass is 127. The summed E-state index contributed by atoms with van der Waals surface area (Å²) in [6.07, 6.45) is 1.90. The maximum atomic E-state index is 12.5. The molecular weight excluding hydrogens is 527 g/mol. The molecule has 170 valence electrons. The summed E-state index contributed by atoms with van der Waals surface area (Å²) in [5.74, 6) is 0.549. The van der Waals surface area contributed by atoms with Crippen LogP contribution in [0.5, 0.6) is 0 Å². The lowest BCUT2D eigenvalue weighted by Gasteiger charge is -2.22. The molecule has 0 aromatic heterocycles. The summed E-state index contributed by atoms with van der Waals surface area (Å²) in [7, 11) is -1.53. The van der Waals surface area contributed by atoms with Crippen LogP contribution >= 0.6 is 24.0 Å². The molecule has 0 bridgehead atoms. The van der Waals surface area contributed by atoms with Crippen LogP contribution < -0.4 is 10.6 Å². The van der Waals surface area contributed by atoms with Crippen LogP contribution in [0.4, 0.5) is 0 Å². The molecule has 0 unspecified atom stereocenters. The molecule has 2 aromatic carbocycles. The van der Waals surface area contributed by atoms with Crippen molar-refractivity contribution in [1.29, 1.82) is 0 Å². The Morgan fingerprint density at radius 3 is 2.19 bits per heavy atom. The SMILES string of the molecule is CCN(Cc1ccccc1)C(=O)CNC(=NC)NCCc1ccc(S(C)(=O)=O)cc1.I. The largest absolute Gasteiger partial charge is 0.356 e. The number of guanidine groups is 1. The van der Waals surface area contributed by atoms with Gasteiger partial charge in [0.25, 0.3) is 0 Å². The molecule has 0 saturated carbocycles. The van der Waals surface area contributed by atoms with Crippen LogP contribution in [0, 0.1) is 0 Å². The second kappa shape index (κ2) is 13.3. The fourth-order valence-corrected chi connectivity index (χ4v) is 3.53. The van der Waals surface area contributed by atoms with Crippen LogP contribution in [0.25, 0.3) is 0 Å². The number of halogens is 1. The minimum atomic E-state index is -3.18. The summed E-state index contributed by atoms with van der Waals surface area (Å²) in [4.78, 5) is 18.8. The van der Waals surface area contributed by atoms with Crippen molar-refractivity contribution in [2.45, 2.75) is 24.8 Å². The van der Waals surface area contributed by atoms with E-state index in [9.17, 15) is 13.2 Å². The molecule has 7 nitrogen and oxygen atoms in total. The smallest absolute Gasteiger partial charge is 0.242 e. The van der Waals surface area contributed by atoms with E-state index in [-0.39, 0.29) is 36.4 Å². The summed E-state index contributed by atoms with van der Waals surface area (Å²) in [6, 6.07) is 16.7. The van der Waals surface area contributed by atoms with E-state index >= 15 is 0 Å². The number of nitrogens with zero attached hydrogens (tertiary/aromatic N) is 2. The minimum absolute atomic E-state index is 0. The fraction of sp³-hybridized carbons (Fsp3) is 0.364. The van der Waals surface area contributed by atoms with Crippen LogP contribution in [-0.4, -0.2) is 58.1 Å². The molecule has 0 aliphatic carbocycles. The molecule has 0 fully saturated rings. The van der Waals surface area contributed by atoms with E-state index < -0.39 is 9.84 Å². The van der Waals surface area contributed by atoms with Crippen molar-refractivity contribution in [2.24, 2.45) is 4.99 Å². The zero-order chi connectivity index (χ0) is 22.0. The molecule has 2 aromatic rings. The summed E-state index contributed by atoms with van der Waals surface area (Å²) in [6.45, 7) is 3.93. The fourth-order valence-electron chi connectivity index (χ4n) is 2.90. The van der Waals surface area contributed by atoms with Crippen LogP contribution in [0.15, 0.2) is 64.5 Å². The molecule has 0 radical (unpaired) electrons. The van der Waals surface area contributed by atoms with Gasteiger partial charge < -0.3 is 15.5 Å². The number of likely N-dealkylation sites (N-methyl/N-ethyl adjacent to an activating group) is 1. The van der Waals surface area contributed by atoms with Gasteiger partial charge in [0.15, 0.2) is 15.8 Å². The van der Waals surface area contributed by atoms with Gasteiger partial charge in [0.05, 0.1) is 11.4 Å². The maximum Gasteiger partial charge on any atom is 0.242 e. The monoisotopic (exact) mass is 558 g/mol. The number of amides is 1. The number of hydrogen-bond acceptors (Lipinski definition) is 4. The van der Waals surface area contributed by atoms with Gasteiger partial charge in [-0.3, -0.25) is 9.79 Å². The normalized spacial score (nSPS) is 11.4. The van der Waals surface area contributed by atoms with E-state index in [1.807, 2.05) is 37.3 Å². The van der Waals surface area contributed by atoms with Gasteiger partial charge in [0.1, 0.15) is 0 Å². The van der Waals surface area contributed by atoms with Gasteiger partial charge >= 0.3 is 0 Å². The van der Waals surface area contributed by atoms with E-state index in [2.05, 4.69) is 15.6 Å². The first-order valence-electron chi connectivity index (χ1n) is 9.88. The van der Waals surface area contributed by atoms with Crippen LogP contribution in [-0.2, 0) is 27.6 Å². The molecule has 1 amide bonds. The first-order chi connectivity index (χ1) is 14.3. The highest BCUT2D eigenvalue weighted by Gasteiger charge is 2.12. The number of rotatable bonds is 9. The molecule has 2 rings (SSSR count). The lowest BCUT2D eigenvalue weighted by molar-refractivity contribution is -0.130. The summed E-state index contributed by atoms with van der Waals surface area (Å²) in [5, 5.41) is 6.23. The van der Waals surface area contributed by atoms with Gasteiger partial charge in [-0.05, 0) is 36.6 Å². The standard InChI is InChI=1S/C22H30N4O3S.HI/c1-4-26(17-19-8-6-5-7-9-19)21(27)16-25-22(23-2)24-15-14-18-10-12-20(13-11-18)30(3,28)29;/h5-13H,4,14-17H2,1-3H3,(H2,23,24,25);1H. The number of hydrogen-bond donors (Lipinski definition) is 2. The minimum Gasteiger partial charge on any atom is -0.356 e. The van der Waals surface area contributed by atoms with Gasteiger partial charge in [-0.15, -0.1) is 24.0 Å². The Morgan fingerprint density at radius 2 is 1.65 bits per heavy atom. The molecule has 9 heteroatoms. The molecule has 0 heterocycles. The van der Waals surface area contributed by atoms with Crippen molar-refractivity contribution < 1.29 is 13.2 Å². The second-order valence-corrected chi connectivity index (χ2v) is 8.93. The Balaban J connectivity index is 0.00000480. The Bertz CT molecular complexity index is 948. The van der Waals surface area contributed by atoms with Crippen LogP contribution in [0.3, 0.4) is 0 Å². The number of sulfone groups is 1. The molecule has 0 saturated heterocycles. The molecular formula is C22H31IN4O3S. The zero-order valence-electron chi connectivity index (χ0n) is 18.2. The zero-order valence-corrected chi connectivity index (χ0v) is 21.3. The van der Waals surface area contributed by atoms with Crippen molar-refractivity contribution in [1.82, 2.24) is 15.5 Å². The predicted molar refractivity (Wildman–Crippen MR) is 136 cm³/mol. The third-order valence-electron chi connectivity index (χ3n) is 4.64. The Hall–Kier alpha value is -2.14. The molecule has 0 atom stereocenters. The average molecular weight is 558 g/mol. The van der Waals surface area contributed by atoms with E-state index in [0.717, 1.165) is 11.1 Å². The van der Waals surface area contributed by atoms with E-state index in [1.54, 1.807) is 36.2 Å². The molecule has 0 aliphatic heterocycles. The van der Waals surface area contributed by atoms with Crippen LogP contribution in [0.1, 0.15) is 18.1 Å². The summed E-state index contributed by atoms with van der Waals surface area (Å²) >= 11 is 0. The van der Waals surface area contributed by atoms with Gasteiger partial charge in [-0.2, -0.15) is 0 Å². The molecule has 0 spiro atoms. The average Bonchev–Trinajstić information content (AvgIpc) is 2.74. The van der Waals surface area contributed by atoms with Crippen LogP contribution in [0.2, 0.25) is 0 Å². The Kier molecular flexibility index (Phi) is 11.5. The van der Waals surface area contributed by atoms with Crippen molar-refractivity contribution in [3.63, 3.8) is 0 Å². The first kappa shape index (κ1) is 26.9. The summed E-state index contributed by atoms with van der Waals surface area (Å²) in [5.41, 5.74) is 2.11. The van der Waals surface area contributed by atoms with Gasteiger partial charge in [-0.1, -0.05) is 42.5 Å². The topological polar surface area (TPSA) is 90.9 Å². The number of carbonyl (C=O) groups is 1. The number of aliphatic imine (C=N–C) groups is 1. The lowest BCUT2D eigenvalue weighted by Crippen LogP contribution is -2.44. The lowest BCUT2D eigenvalue weighted by atomic mass is 10.1. The Morgan fingerprint density at radius 1 is 1.00 bits per heavy atom. The molecule has 2 N–H and O–H groups in total. The third-order valence-corrected chi connectivity index (χ3v) is 5.77. The van der Waals surface area contributed by atoms with Crippen molar-refractivity contribution >= 4 is 45.7 Å². The van der Waals surface area contributed by atoms with Crippen molar-refractivity contribution in [3.8, 4) is 0 Å². The van der Waals surface area contributed by atoms with E-state index in [0.29, 0.717) is 36.9 Å². The highest BCUT2D eigenvalue weighted by molar-refractivity contribution is 14.0. The van der Waals surface area contributed by atoms with Gasteiger partial charge in [-0.25, -0.2) is 8.42 Å². The number of nitrogens with one attached hydrogen (secondary N) is 2. The predicted octanol–water partition coefficient (Wildman–Crippen LogP) is 2.46. The van der Waals surface area contributed by atoms with Crippen molar-refractivity contribution in [2.75, 3.05) is 32.9 Å². The Labute approximate surface area is 202 Å². The quantitative estimate of drug-likeness (QED) is 0.281. The summed E-state index contributed by atoms with van der Waals surface area (Å²) < 4.78 is 23.0. The van der Waals surface area contributed by atoms with Crippen molar-refractivity contribution in [3.05, 3.63) is 65.7 Å². The molecule has 31 heavy (non-hydrogen) atoms. The highest BCUT2D eigenvalue weighted by Crippen LogP contribution is 2.10. The van der Waals surface area contributed by atoms with E-state index in [4.69, 9.17) is 0 Å². The maximum absolute atomic E-state index is 12.5. The number of benzene rings is 2. The first-order valence-corrected chi connectivity index (χ1v) is 11.8. The second-order valence-electron chi connectivity index (χ2n) is 6.91. The van der Waals surface area contributed by atoms with E-state index in [1.165, 1.54) is 6.26 Å². The van der Waals surface area contributed by atoms with Gasteiger partial charge in [0, 0.05) is 32.9 Å². The number of carbonyl (C=O) groups excluding carboxylic acids is 1. The molecule has 0 aliphatic rings. The van der Waals surface area contributed by atoms with Gasteiger partial charge in [0.2, 0.25) is 5.91 Å².